The second kappa shape index (κ2) is 10.9. The number of hydrogen-bond acceptors (Lipinski definition) is 5. The first-order valence-electron chi connectivity index (χ1n) is 9.09. The largest absolute Gasteiger partial charge is 0.333 e. The summed E-state index contributed by atoms with van der Waals surface area (Å²) in [6.45, 7) is 14.8. The molecular formula is C20H27ClN4O3S. The van der Waals surface area contributed by atoms with Gasteiger partial charge in [0.2, 0.25) is 0 Å². The molecule has 1 rings (SSSR count). The summed E-state index contributed by atoms with van der Waals surface area (Å²) in [7, 11) is -3.30. The fourth-order valence-electron chi connectivity index (χ4n) is 2.42. The highest BCUT2D eigenvalue weighted by molar-refractivity contribution is 7.95. The van der Waals surface area contributed by atoms with E-state index in [-0.39, 0.29) is 34.1 Å². The van der Waals surface area contributed by atoms with Crippen molar-refractivity contribution in [1.82, 2.24) is 10.2 Å². The number of nitrogens with one attached hydrogen (secondary N) is 1. The molecule has 0 saturated carbocycles. The number of rotatable bonds is 8. The molecule has 1 heterocycles. The van der Waals surface area contributed by atoms with E-state index in [1.165, 1.54) is 17.1 Å². The fraction of sp³-hybridized carbons (Fsp3) is 0.350. The Bertz CT molecular complexity index is 941. The van der Waals surface area contributed by atoms with Crippen LogP contribution in [0.4, 0.5) is 0 Å². The summed E-state index contributed by atoms with van der Waals surface area (Å²) in [6.07, 6.45) is 6.36. The zero-order chi connectivity index (χ0) is 22.2. The number of amides is 1. The molecular weight excluding hydrogens is 412 g/mol. The van der Waals surface area contributed by atoms with E-state index in [1.54, 1.807) is 32.9 Å². The molecule has 1 saturated heterocycles. The lowest BCUT2D eigenvalue weighted by Crippen LogP contribution is -2.54. The summed E-state index contributed by atoms with van der Waals surface area (Å²) < 4.78 is 23.9. The molecule has 0 radical (unpaired) electrons. The zero-order valence-electron chi connectivity index (χ0n) is 17.2. The Balaban J connectivity index is 3.05. The standard InChI is InChI=1S/C20H27ClN4O3S/c1-7-16(29(27,28)10-4)12-11-14(5)13-22-18-20(26)25(9-3)19(23-15(6)21)17(8-2)24-18/h7-8,11-12H,5-6,9-10,13H2,1-4H3,(H,22,24)/b12-11-,16-7+,17-8+,23-19?. The van der Waals surface area contributed by atoms with E-state index in [4.69, 9.17) is 11.6 Å². The van der Waals surface area contributed by atoms with E-state index in [0.717, 1.165) is 0 Å². The molecule has 1 aliphatic rings. The first-order chi connectivity index (χ1) is 13.6. The van der Waals surface area contributed by atoms with Crippen molar-refractivity contribution >= 4 is 39.0 Å². The second-order valence-corrected chi connectivity index (χ2v) is 8.65. The third-order valence-corrected chi connectivity index (χ3v) is 5.91. The molecule has 1 amide bonds. The lowest BCUT2D eigenvalue weighted by molar-refractivity contribution is -0.120. The predicted octanol–water partition coefficient (Wildman–Crippen LogP) is 3.30. The van der Waals surface area contributed by atoms with Crippen molar-refractivity contribution < 1.29 is 13.2 Å². The van der Waals surface area contributed by atoms with Gasteiger partial charge < -0.3 is 5.32 Å². The monoisotopic (exact) mass is 438 g/mol. The number of nitrogens with zero attached hydrogens (tertiary/aromatic N) is 3. The minimum atomic E-state index is -3.30. The highest BCUT2D eigenvalue weighted by Crippen LogP contribution is 2.14. The number of likely N-dealkylation sites (N-methyl/N-ethyl adjacent to an activating group) is 1. The van der Waals surface area contributed by atoms with Crippen molar-refractivity contribution in [2.75, 3.05) is 18.8 Å². The molecule has 9 heteroatoms. The van der Waals surface area contributed by atoms with Gasteiger partial charge in [-0.2, -0.15) is 0 Å². The number of halogens is 1. The average Bonchev–Trinajstić information content (AvgIpc) is 2.67. The molecule has 1 N–H and O–H groups in total. The maximum Gasteiger partial charge on any atom is 0.294 e. The Morgan fingerprint density at radius 3 is 2.38 bits per heavy atom. The molecule has 0 aliphatic carbocycles. The maximum absolute atomic E-state index is 12.7. The molecule has 0 spiro atoms. The van der Waals surface area contributed by atoms with Gasteiger partial charge in [-0.3, -0.25) is 14.7 Å². The van der Waals surface area contributed by atoms with Gasteiger partial charge in [0.05, 0.1) is 22.9 Å². The topological polar surface area (TPSA) is 91.2 Å². The molecule has 0 atom stereocenters. The van der Waals surface area contributed by atoms with Crippen LogP contribution in [0, 0.1) is 0 Å². The van der Waals surface area contributed by atoms with E-state index in [1.807, 2.05) is 6.92 Å². The van der Waals surface area contributed by atoms with Crippen molar-refractivity contribution in [1.29, 1.82) is 0 Å². The number of piperazine rings is 1. The summed E-state index contributed by atoms with van der Waals surface area (Å²) in [6, 6.07) is 0. The van der Waals surface area contributed by atoms with Crippen LogP contribution in [0.2, 0.25) is 0 Å². The molecule has 0 aromatic carbocycles. The Labute approximate surface area is 177 Å². The number of carbonyl (C=O) groups is 1. The average molecular weight is 439 g/mol. The summed E-state index contributed by atoms with van der Waals surface area (Å²) in [4.78, 5) is 22.8. The summed E-state index contributed by atoms with van der Waals surface area (Å²) in [5.74, 6) is 0.178. The highest BCUT2D eigenvalue weighted by Gasteiger charge is 2.31. The van der Waals surface area contributed by atoms with Crippen molar-refractivity contribution in [2.45, 2.75) is 27.7 Å². The summed E-state index contributed by atoms with van der Waals surface area (Å²) in [5.41, 5.74) is 1.13. The van der Waals surface area contributed by atoms with E-state index in [0.29, 0.717) is 23.7 Å². The van der Waals surface area contributed by atoms with Crippen LogP contribution >= 0.6 is 11.6 Å². The Morgan fingerprint density at radius 1 is 1.24 bits per heavy atom. The van der Waals surface area contributed by atoms with Crippen LogP contribution in [0.25, 0.3) is 0 Å². The number of carbonyl (C=O) groups excluding carboxylic acids is 1. The van der Waals surface area contributed by atoms with E-state index in [9.17, 15) is 13.2 Å². The number of aliphatic imine (C=N–C) groups is 2. The Hall–Kier alpha value is -2.45. The van der Waals surface area contributed by atoms with Gasteiger partial charge in [-0.25, -0.2) is 13.4 Å². The van der Waals surface area contributed by atoms with Gasteiger partial charge in [0, 0.05) is 6.54 Å². The summed E-state index contributed by atoms with van der Waals surface area (Å²) >= 11 is 5.79. The SMILES string of the molecule is C=C(/C=C\C(=C/C)S(=O)(=O)CC)CN=C1N/C(=C/C)C(=NC(=C)Cl)N(CC)C1=O. The maximum atomic E-state index is 12.7. The van der Waals surface area contributed by atoms with Crippen LogP contribution in [-0.4, -0.2) is 49.7 Å². The minimum absolute atomic E-state index is 0.0157. The van der Waals surface area contributed by atoms with Gasteiger partial charge in [0.25, 0.3) is 5.91 Å². The normalized spacial score (nSPS) is 20.0. The molecule has 0 bridgehead atoms. The minimum Gasteiger partial charge on any atom is -0.333 e. The van der Waals surface area contributed by atoms with Crippen LogP contribution in [0.15, 0.2) is 68.8 Å². The van der Waals surface area contributed by atoms with Crippen molar-refractivity contribution in [2.24, 2.45) is 9.98 Å². The van der Waals surface area contributed by atoms with Crippen molar-refractivity contribution in [3.63, 3.8) is 0 Å². The van der Waals surface area contributed by atoms with E-state index < -0.39 is 9.84 Å². The van der Waals surface area contributed by atoms with Crippen LogP contribution < -0.4 is 5.32 Å². The van der Waals surface area contributed by atoms with Crippen LogP contribution in [0.5, 0.6) is 0 Å². The molecule has 158 valence electrons. The summed E-state index contributed by atoms with van der Waals surface area (Å²) in [5, 5.41) is 3.02. The van der Waals surface area contributed by atoms with Gasteiger partial charge in [-0.05, 0) is 32.4 Å². The molecule has 0 aromatic heterocycles. The Kier molecular flexibility index (Phi) is 9.26. The molecule has 0 aromatic rings. The van der Waals surface area contributed by atoms with Crippen molar-refractivity contribution in [3.8, 4) is 0 Å². The third kappa shape index (κ3) is 6.54. The fourth-order valence-corrected chi connectivity index (χ4v) is 3.47. The molecule has 1 aliphatic heterocycles. The van der Waals surface area contributed by atoms with E-state index in [2.05, 4.69) is 28.5 Å². The second-order valence-electron chi connectivity index (χ2n) is 5.94. The number of amidine groups is 2. The van der Waals surface area contributed by atoms with Crippen molar-refractivity contribution in [3.05, 3.63) is 58.8 Å². The Morgan fingerprint density at radius 2 is 1.90 bits per heavy atom. The zero-order valence-corrected chi connectivity index (χ0v) is 18.8. The van der Waals surface area contributed by atoms with E-state index >= 15 is 0 Å². The quantitative estimate of drug-likeness (QED) is 0.465. The van der Waals surface area contributed by atoms with Gasteiger partial charge in [-0.15, -0.1) is 0 Å². The molecule has 7 nitrogen and oxygen atoms in total. The van der Waals surface area contributed by atoms with Crippen LogP contribution in [-0.2, 0) is 14.6 Å². The van der Waals surface area contributed by atoms with Gasteiger partial charge >= 0.3 is 0 Å². The lowest BCUT2D eigenvalue weighted by Gasteiger charge is -2.30. The smallest absolute Gasteiger partial charge is 0.294 e. The number of hydrogen-bond donors (Lipinski definition) is 1. The third-order valence-electron chi connectivity index (χ3n) is 3.98. The molecule has 1 fully saturated rings. The van der Waals surface area contributed by atoms with Gasteiger partial charge in [-0.1, -0.05) is 49.9 Å². The molecule has 0 unspecified atom stereocenters. The first kappa shape index (κ1) is 24.6. The highest BCUT2D eigenvalue weighted by atomic mass is 35.5. The van der Waals surface area contributed by atoms with Crippen LogP contribution in [0.1, 0.15) is 27.7 Å². The predicted molar refractivity (Wildman–Crippen MR) is 121 cm³/mol. The van der Waals surface area contributed by atoms with Gasteiger partial charge in [0.1, 0.15) is 5.16 Å². The first-order valence-corrected chi connectivity index (χ1v) is 11.1. The van der Waals surface area contributed by atoms with Crippen LogP contribution in [0.3, 0.4) is 0 Å². The number of allylic oxidation sites excluding steroid dienone is 3. The van der Waals surface area contributed by atoms with Gasteiger partial charge in [0.15, 0.2) is 21.5 Å². The number of sulfone groups is 1. The lowest BCUT2D eigenvalue weighted by atomic mass is 10.2. The molecule has 29 heavy (non-hydrogen) atoms.